The second-order valence-electron chi connectivity index (χ2n) is 4.60. The number of halogens is 1. The summed E-state index contributed by atoms with van der Waals surface area (Å²) in [5.74, 6) is -1.51. The van der Waals surface area contributed by atoms with E-state index in [0.717, 1.165) is 8.47 Å². The Kier molecular flexibility index (Phi) is 5.70. The van der Waals surface area contributed by atoms with Gasteiger partial charge in [0.2, 0.25) is 0 Å². The van der Waals surface area contributed by atoms with Gasteiger partial charge in [-0.25, -0.2) is 0 Å². The highest BCUT2D eigenvalue weighted by Gasteiger charge is 2.46. The monoisotopic (exact) mass is 403 g/mol. The molecule has 2 N–H and O–H groups in total. The lowest BCUT2D eigenvalue weighted by molar-refractivity contribution is -0.142. The Morgan fingerprint density at radius 3 is 1.86 bits per heavy atom. The van der Waals surface area contributed by atoms with E-state index in [4.69, 9.17) is 0 Å². The van der Waals surface area contributed by atoms with Gasteiger partial charge in [-0.15, -0.1) is 0 Å². The lowest BCUT2D eigenvalue weighted by Crippen LogP contribution is -2.64. The number of likely N-dealkylation sites (N-methyl/N-ethyl adjacent to an activating group) is 3. The van der Waals surface area contributed by atoms with Crippen molar-refractivity contribution in [3.05, 3.63) is 33.4 Å². The summed E-state index contributed by atoms with van der Waals surface area (Å²) >= 11 is 2.13. The van der Waals surface area contributed by atoms with Crippen LogP contribution in [0.3, 0.4) is 0 Å². The number of hydrogen-bond acceptors (Lipinski definition) is 3. The Morgan fingerprint density at radius 1 is 1.05 bits per heavy atom. The summed E-state index contributed by atoms with van der Waals surface area (Å²) in [7, 11) is 4.28. The van der Waals surface area contributed by atoms with E-state index in [2.05, 4.69) is 33.2 Å². The Hall–Kier alpha value is -1.64. The first kappa shape index (κ1) is 17.4. The van der Waals surface area contributed by atoms with Crippen molar-refractivity contribution in [3.8, 4) is 0 Å². The maximum absolute atomic E-state index is 12.5. The first-order chi connectivity index (χ1) is 9.78. The predicted molar refractivity (Wildman–Crippen MR) is 87.8 cm³/mol. The molecule has 0 fully saturated rings. The third-order valence-corrected chi connectivity index (χ3v) is 4.12. The number of hydrogen-bond donors (Lipinski definition) is 2. The van der Waals surface area contributed by atoms with Crippen LogP contribution in [0.15, 0.2) is 24.3 Å². The topological polar surface area (TPSA) is 78.5 Å². The lowest BCUT2D eigenvalue weighted by Gasteiger charge is -2.35. The highest BCUT2D eigenvalue weighted by Crippen LogP contribution is 2.18. The van der Waals surface area contributed by atoms with Crippen molar-refractivity contribution < 1.29 is 14.4 Å². The van der Waals surface area contributed by atoms with Gasteiger partial charge in [0.05, 0.1) is 0 Å². The van der Waals surface area contributed by atoms with Gasteiger partial charge in [-0.05, 0) is 53.8 Å². The average Bonchev–Trinajstić information content (AvgIpc) is 2.51. The zero-order valence-electron chi connectivity index (χ0n) is 12.4. The first-order valence-corrected chi connectivity index (χ1v) is 7.35. The van der Waals surface area contributed by atoms with Crippen LogP contribution in [-0.4, -0.2) is 49.3 Å². The molecule has 0 heterocycles. The first-order valence-electron chi connectivity index (χ1n) is 6.27. The zero-order valence-corrected chi connectivity index (χ0v) is 14.5. The summed E-state index contributed by atoms with van der Waals surface area (Å²) in [6, 6.07) is 6.90. The Morgan fingerprint density at radius 2 is 1.48 bits per heavy atom. The van der Waals surface area contributed by atoms with Gasteiger partial charge in [-0.2, -0.15) is 0 Å². The molecule has 6 nitrogen and oxygen atoms in total. The van der Waals surface area contributed by atoms with Crippen LogP contribution in [0.2, 0.25) is 0 Å². The van der Waals surface area contributed by atoms with Gasteiger partial charge in [0, 0.05) is 30.3 Å². The fourth-order valence-electron chi connectivity index (χ4n) is 1.88. The molecule has 0 saturated carbocycles. The zero-order chi connectivity index (χ0) is 16.2. The maximum atomic E-state index is 12.5. The summed E-state index contributed by atoms with van der Waals surface area (Å²) < 4.78 is 0.993. The number of nitrogens with zero attached hydrogens (tertiary/aromatic N) is 1. The minimum atomic E-state index is -1.62. The van der Waals surface area contributed by atoms with Crippen LogP contribution in [0.4, 0.5) is 0 Å². The van der Waals surface area contributed by atoms with Gasteiger partial charge < -0.3 is 15.5 Å². The van der Waals surface area contributed by atoms with Crippen LogP contribution < -0.4 is 10.6 Å². The van der Waals surface area contributed by atoms with E-state index in [1.165, 1.54) is 28.1 Å². The average molecular weight is 403 g/mol. The normalized spacial score (nSPS) is 10.7. The van der Waals surface area contributed by atoms with Crippen molar-refractivity contribution in [1.82, 2.24) is 15.5 Å². The van der Waals surface area contributed by atoms with Crippen molar-refractivity contribution >= 4 is 40.3 Å². The predicted octanol–water partition coefficient (Wildman–Crippen LogP) is 0.614. The standard InChI is InChI=1S/C14H18IN3O3/c1-14(12(20)16-2,13(21)17-3)18(4)11(19)9-5-7-10(15)8-6-9/h5-8H,1-4H3,(H,16,20)(H,17,21). The SMILES string of the molecule is CNC(=O)C(C)(C(=O)NC)N(C)C(=O)c1ccc(I)cc1. The third kappa shape index (κ3) is 3.34. The van der Waals surface area contributed by atoms with Crippen LogP contribution in [-0.2, 0) is 9.59 Å². The molecule has 0 bridgehead atoms. The van der Waals surface area contributed by atoms with Gasteiger partial charge >= 0.3 is 0 Å². The Balaban J connectivity index is 3.19. The van der Waals surface area contributed by atoms with E-state index in [0.29, 0.717) is 5.56 Å². The molecule has 0 radical (unpaired) electrons. The van der Waals surface area contributed by atoms with E-state index in [-0.39, 0.29) is 0 Å². The van der Waals surface area contributed by atoms with Crippen molar-refractivity contribution in [2.24, 2.45) is 0 Å². The second-order valence-corrected chi connectivity index (χ2v) is 5.85. The number of carbonyl (C=O) groups excluding carboxylic acids is 3. The largest absolute Gasteiger partial charge is 0.357 e. The molecule has 0 spiro atoms. The molecule has 0 aromatic heterocycles. The molecule has 1 aromatic carbocycles. The van der Waals surface area contributed by atoms with E-state index in [1.54, 1.807) is 24.3 Å². The molecule has 114 valence electrons. The quantitative estimate of drug-likeness (QED) is 0.572. The molecule has 7 heteroatoms. The molecule has 0 aliphatic carbocycles. The second kappa shape index (κ2) is 6.88. The molecule has 21 heavy (non-hydrogen) atoms. The number of nitrogens with one attached hydrogen (secondary N) is 2. The van der Waals surface area contributed by atoms with E-state index in [1.807, 2.05) is 0 Å². The molecule has 0 unspecified atom stereocenters. The molecular weight excluding hydrogens is 385 g/mol. The summed E-state index contributed by atoms with van der Waals surface area (Å²) in [4.78, 5) is 37.8. The molecule has 3 amide bonds. The van der Waals surface area contributed by atoms with E-state index in [9.17, 15) is 14.4 Å². The van der Waals surface area contributed by atoms with Crippen molar-refractivity contribution in [3.63, 3.8) is 0 Å². The fraction of sp³-hybridized carbons (Fsp3) is 0.357. The number of amides is 3. The summed E-state index contributed by atoms with van der Waals surface area (Å²) in [6.07, 6.45) is 0. The highest BCUT2D eigenvalue weighted by atomic mass is 127. The summed E-state index contributed by atoms with van der Waals surface area (Å²) in [5.41, 5.74) is -1.21. The molecule has 0 atom stereocenters. The van der Waals surface area contributed by atoms with Gasteiger partial charge in [0.1, 0.15) is 0 Å². The Bertz CT molecular complexity index is 541. The number of benzene rings is 1. The molecule has 0 aliphatic rings. The minimum absolute atomic E-state index is 0.402. The fourth-order valence-corrected chi connectivity index (χ4v) is 2.24. The van der Waals surface area contributed by atoms with Gasteiger partial charge in [-0.1, -0.05) is 0 Å². The van der Waals surface area contributed by atoms with Gasteiger partial charge in [-0.3, -0.25) is 14.4 Å². The minimum Gasteiger partial charge on any atom is -0.357 e. The van der Waals surface area contributed by atoms with Crippen molar-refractivity contribution in [2.75, 3.05) is 21.1 Å². The van der Waals surface area contributed by atoms with Crippen LogP contribution >= 0.6 is 22.6 Å². The summed E-state index contributed by atoms with van der Waals surface area (Å²) in [5, 5.41) is 4.84. The Labute approximate surface area is 137 Å². The van der Waals surface area contributed by atoms with Crippen molar-refractivity contribution in [1.29, 1.82) is 0 Å². The van der Waals surface area contributed by atoms with Gasteiger partial charge in [0.25, 0.3) is 17.7 Å². The molecule has 0 saturated heterocycles. The van der Waals surface area contributed by atoms with Crippen molar-refractivity contribution in [2.45, 2.75) is 12.5 Å². The number of rotatable bonds is 4. The molecule has 1 rings (SSSR count). The third-order valence-electron chi connectivity index (χ3n) is 3.41. The maximum Gasteiger partial charge on any atom is 0.255 e. The smallest absolute Gasteiger partial charge is 0.255 e. The van der Waals surface area contributed by atoms with Crippen LogP contribution in [0.25, 0.3) is 0 Å². The van der Waals surface area contributed by atoms with Crippen LogP contribution in [0.1, 0.15) is 17.3 Å². The number of carbonyl (C=O) groups is 3. The van der Waals surface area contributed by atoms with Gasteiger partial charge in [0.15, 0.2) is 5.54 Å². The summed E-state index contributed by atoms with van der Waals surface area (Å²) in [6.45, 7) is 1.41. The van der Waals surface area contributed by atoms with E-state index >= 15 is 0 Å². The highest BCUT2D eigenvalue weighted by molar-refractivity contribution is 14.1. The molecule has 1 aromatic rings. The van der Waals surface area contributed by atoms with Crippen LogP contribution in [0, 0.1) is 3.57 Å². The van der Waals surface area contributed by atoms with Crippen LogP contribution in [0.5, 0.6) is 0 Å². The molecule has 0 aliphatic heterocycles. The molecular formula is C14H18IN3O3. The lowest BCUT2D eigenvalue weighted by atomic mass is 9.96. The van der Waals surface area contributed by atoms with E-state index < -0.39 is 23.3 Å².